The van der Waals surface area contributed by atoms with Crippen LogP contribution in [0.4, 0.5) is 10.1 Å². The SMILES string of the molecule is Fc1cc(OCc2ccccc2)cc(-c2ccc3c(c2)N(Cc2cnc[nH]2)CC3)c1. The summed E-state index contributed by atoms with van der Waals surface area (Å²) in [4.78, 5) is 9.60. The van der Waals surface area contributed by atoms with E-state index < -0.39 is 0 Å². The van der Waals surface area contributed by atoms with E-state index in [9.17, 15) is 4.39 Å². The van der Waals surface area contributed by atoms with Crippen molar-refractivity contribution in [1.82, 2.24) is 9.97 Å². The molecule has 30 heavy (non-hydrogen) atoms. The minimum atomic E-state index is -0.301. The summed E-state index contributed by atoms with van der Waals surface area (Å²) in [6.45, 7) is 2.16. The number of aromatic amines is 1. The molecule has 0 amide bonds. The number of benzene rings is 3. The van der Waals surface area contributed by atoms with E-state index in [2.05, 4.69) is 33.1 Å². The lowest BCUT2D eigenvalue weighted by molar-refractivity contribution is 0.305. The molecule has 3 aromatic carbocycles. The van der Waals surface area contributed by atoms with Gasteiger partial charge in [0.05, 0.1) is 18.6 Å². The van der Waals surface area contributed by atoms with Gasteiger partial charge in [-0.25, -0.2) is 9.37 Å². The maximum atomic E-state index is 14.3. The first kappa shape index (κ1) is 18.4. The molecule has 150 valence electrons. The fourth-order valence-corrected chi connectivity index (χ4v) is 3.92. The van der Waals surface area contributed by atoms with Gasteiger partial charge in [0.25, 0.3) is 0 Å². The first-order chi connectivity index (χ1) is 14.7. The van der Waals surface area contributed by atoms with Crippen LogP contribution in [0.15, 0.2) is 79.3 Å². The number of H-pyrrole nitrogens is 1. The average molecular weight is 399 g/mol. The summed E-state index contributed by atoms with van der Waals surface area (Å²) in [6, 6.07) is 21.1. The van der Waals surface area contributed by atoms with E-state index in [-0.39, 0.29) is 5.82 Å². The molecule has 5 rings (SSSR count). The van der Waals surface area contributed by atoms with Gasteiger partial charge in [0.1, 0.15) is 18.2 Å². The quantitative estimate of drug-likeness (QED) is 0.475. The summed E-state index contributed by atoms with van der Waals surface area (Å²) in [5, 5.41) is 0. The van der Waals surface area contributed by atoms with Crippen LogP contribution in [0.1, 0.15) is 16.8 Å². The van der Waals surface area contributed by atoms with Gasteiger partial charge < -0.3 is 14.6 Å². The highest BCUT2D eigenvalue weighted by atomic mass is 19.1. The molecule has 2 heterocycles. The third-order valence-electron chi connectivity index (χ3n) is 5.45. The Labute approximate surface area is 175 Å². The number of anilines is 1. The smallest absolute Gasteiger partial charge is 0.127 e. The number of nitrogens with one attached hydrogen (secondary N) is 1. The Morgan fingerprint density at radius 3 is 2.73 bits per heavy atom. The van der Waals surface area contributed by atoms with Gasteiger partial charge in [-0.2, -0.15) is 0 Å². The number of fused-ring (bicyclic) bond motifs is 1. The van der Waals surface area contributed by atoms with Gasteiger partial charge in [-0.05, 0) is 46.9 Å². The van der Waals surface area contributed by atoms with E-state index in [0.29, 0.717) is 12.4 Å². The highest BCUT2D eigenvalue weighted by Gasteiger charge is 2.20. The fourth-order valence-electron chi connectivity index (χ4n) is 3.92. The highest BCUT2D eigenvalue weighted by molar-refractivity contribution is 5.73. The predicted molar refractivity (Wildman–Crippen MR) is 116 cm³/mol. The van der Waals surface area contributed by atoms with Crippen molar-refractivity contribution < 1.29 is 9.13 Å². The molecule has 1 N–H and O–H groups in total. The van der Waals surface area contributed by atoms with Crippen molar-refractivity contribution in [3.63, 3.8) is 0 Å². The van der Waals surface area contributed by atoms with Crippen LogP contribution in [-0.4, -0.2) is 16.5 Å². The van der Waals surface area contributed by atoms with E-state index in [1.165, 1.54) is 17.3 Å². The third-order valence-corrected chi connectivity index (χ3v) is 5.45. The topological polar surface area (TPSA) is 41.1 Å². The van der Waals surface area contributed by atoms with E-state index in [1.54, 1.807) is 12.4 Å². The summed E-state index contributed by atoms with van der Waals surface area (Å²) in [6.07, 6.45) is 4.57. The zero-order chi connectivity index (χ0) is 20.3. The standard InChI is InChI=1S/C25H22FN3O/c26-22-10-21(11-24(13-22)30-16-18-4-2-1-3-5-18)20-7-6-19-8-9-29(25(19)12-20)15-23-14-27-17-28-23/h1-7,10-14,17H,8-9,15-16H2,(H,27,28). The van der Waals surface area contributed by atoms with Crippen molar-refractivity contribution in [2.24, 2.45) is 0 Å². The first-order valence-electron chi connectivity index (χ1n) is 10.1. The maximum absolute atomic E-state index is 14.3. The van der Waals surface area contributed by atoms with Gasteiger partial charge in [-0.3, -0.25) is 0 Å². The van der Waals surface area contributed by atoms with E-state index in [1.807, 2.05) is 42.6 Å². The van der Waals surface area contributed by atoms with Gasteiger partial charge >= 0.3 is 0 Å². The number of hydrogen-bond acceptors (Lipinski definition) is 3. The van der Waals surface area contributed by atoms with Crippen molar-refractivity contribution in [3.05, 3.63) is 102 Å². The molecule has 0 radical (unpaired) electrons. The predicted octanol–water partition coefficient (Wildman–Crippen LogP) is 5.36. The molecule has 0 bridgehead atoms. The Kier molecular flexibility index (Phi) is 4.93. The first-order valence-corrected chi connectivity index (χ1v) is 10.1. The Morgan fingerprint density at radius 2 is 1.90 bits per heavy atom. The molecule has 0 fully saturated rings. The monoisotopic (exact) mass is 399 g/mol. The van der Waals surface area contributed by atoms with Crippen LogP contribution in [0.5, 0.6) is 5.75 Å². The number of rotatable bonds is 6. The summed E-state index contributed by atoms with van der Waals surface area (Å²) in [7, 11) is 0. The van der Waals surface area contributed by atoms with Gasteiger partial charge in [-0.1, -0.05) is 42.5 Å². The summed E-state index contributed by atoms with van der Waals surface area (Å²) >= 11 is 0. The van der Waals surface area contributed by atoms with Gasteiger partial charge in [-0.15, -0.1) is 0 Å². The van der Waals surface area contributed by atoms with E-state index >= 15 is 0 Å². The largest absolute Gasteiger partial charge is 0.489 e. The molecule has 0 spiro atoms. The van der Waals surface area contributed by atoms with Crippen LogP contribution < -0.4 is 9.64 Å². The summed E-state index contributed by atoms with van der Waals surface area (Å²) in [5.74, 6) is 0.231. The van der Waals surface area contributed by atoms with Gasteiger partial charge in [0, 0.05) is 24.5 Å². The van der Waals surface area contributed by atoms with Gasteiger partial charge in [0.2, 0.25) is 0 Å². The van der Waals surface area contributed by atoms with Crippen LogP contribution >= 0.6 is 0 Å². The molecular formula is C25H22FN3O. The summed E-state index contributed by atoms with van der Waals surface area (Å²) in [5.41, 5.74) is 6.43. The Bertz CT molecular complexity index is 1140. The highest BCUT2D eigenvalue weighted by Crippen LogP contribution is 2.35. The molecule has 0 saturated heterocycles. The molecule has 0 aliphatic carbocycles. The third kappa shape index (κ3) is 3.92. The second kappa shape index (κ2) is 8.03. The number of hydrogen-bond donors (Lipinski definition) is 1. The second-order valence-corrected chi connectivity index (χ2v) is 7.54. The summed E-state index contributed by atoms with van der Waals surface area (Å²) < 4.78 is 20.2. The van der Waals surface area contributed by atoms with Crippen molar-refractivity contribution in [3.8, 4) is 16.9 Å². The molecule has 1 aliphatic rings. The lowest BCUT2D eigenvalue weighted by Gasteiger charge is -2.19. The van der Waals surface area contributed by atoms with Crippen molar-refractivity contribution >= 4 is 5.69 Å². The minimum absolute atomic E-state index is 0.301. The average Bonchev–Trinajstić information content (AvgIpc) is 3.43. The minimum Gasteiger partial charge on any atom is -0.489 e. The molecule has 1 aliphatic heterocycles. The van der Waals surface area contributed by atoms with Crippen LogP contribution in [-0.2, 0) is 19.6 Å². The maximum Gasteiger partial charge on any atom is 0.127 e. The molecule has 0 atom stereocenters. The normalized spacial score (nSPS) is 12.8. The Balaban J connectivity index is 1.39. The van der Waals surface area contributed by atoms with Crippen LogP contribution in [0.2, 0.25) is 0 Å². The van der Waals surface area contributed by atoms with Crippen LogP contribution in [0.25, 0.3) is 11.1 Å². The molecule has 0 unspecified atom stereocenters. The lowest BCUT2D eigenvalue weighted by atomic mass is 10.0. The number of ether oxygens (including phenoxy) is 1. The van der Waals surface area contributed by atoms with Crippen molar-refractivity contribution in [1.29, 1.82) is 0 Å². The molecule has 5 heteroatoms. The zero-order valence-corrected chi connectivity index (χ0v) is 16.5. The van der Waals surface area contributed by atoms with E-state index in [4.69, 9.17) is 4.74 Å². The van der Waals surface area contributed by atoms with Gasteiger partial charge in [0.15, 0.2) is 0 Å². The zero-order valence-electron chi connectivity index (χ0n) is 16.5. The van der Waals surface area contributed by atoms with Crippen LogP contribution in [0.3, 0.4) is 0 Å². The lowest BCUT2D eigenvalue weighted by Crippen LogP contribution is -2.19. The Hall–Kier alpha value is -3.60. The fraction of sp³-hybridized carbons (Fsp3) is 0.160. The molecule has 4 aromatic rings. The number of aromatic nitrogens is 2. The van der Waals surface area contributed by atoms with Crippen LogP contribution in [0, 0.1) is 5.82 Å². The van der Waals surface area contributed by atoms with Crippen molar-refractivity contribution in [2.45, 2.75) is 19.6 Å². The molecule has 1 aromatic heterocycles. The number of halogens is 1. The molecule has 0 saturated carbocycles. The number of imidazole rings is 1. The molecular weight excluding hydrogens is 377 g/mol. The second-order valence-electron chi connectivity index (χ2n) is 7.54. The Morgan fingerprint density at radius 1 is 1.00 bits per heavy atom. The molecule has 4 nitrogen and oxygen atoms in total. The number of nitrogens with zero attached hydrogens (tertiary/aromatic N) is 2. The van der Waals surface area contributed by atoms with Crippen molar-refractivity contribution in [2.75, 3.05) is 11.4 Å². The van der Waals surface area contributed by atoms with E-state index in [0.717, 1.165) is 41.9 Å².